The normalized spacial score (nSPS) is 43.8. The Labute approximate surface area is 110 Å². The highest BCUT2D eigenvalue weighted by Crippen LogP contribution is 2.66. The van der Waals surface area contributed by atoms with Crippen molar-refractivity contribution >= 4 is 10.1 Å². The Morgan fingerprint density at radius 3 is 2.72 bits per heavy atom. The number of rotatable bonds is 2. The molecule has 3 rings (SSSR count). The number of hydrogen-bond acceptors (Lipinski definition) is 3. The zero-order chi connectivity index (χ0) is 13.0. The lowest BCUT2D eigenvalue weighted by Gasteiger charge is -2.63. The highest BCUT2D eigenvalue weighted by atomic mass is 32.2. The van der Waals surface area contributed by atoms with E-state index in [1.807, 2.05) is 0 Å². The van der Waals surface area contributed by atoms with Crippen LogP contribution in [0.5, 0.6) is 0 Å². The van der Waals surface area contributed by atoms with Crippen LogP contribution >= 0.6 is 0 Å². The summed E-state index contributed by atoms with van der Waals surface area (Å²) in [6.07, 6.45) is 9.30. The molecule has 3 aliphatic rings. The first-order valence-corrected chi connectivity index (χ1v) is 8.80. The second kappa shape index (κ2) is 4.07. The van der Waals surface area contributed by atoms with Gasteiger partial charge in [0.05, 0.1) is 12.4 Å². The van der Waals surface area contributed by atoms with E-state index in [1.54, 1.807) is 0 Å². The van der Waals surface area contributed by atoms with Crippen LogP contribution in [-0.2, 0) is 14.3 Å². The lowest BCUT2D eigenvalue weighted by atomic mass is 9.43. The van der Waals surface area contributed by atoms with Gasteiger partial charge in [0.15, 0.2) is 0 Å². The molecule has 3 nitrogen and oxygen atoms in total. The van der Waals surface area contributed by atoms with Crippen molar-refractivity contribution in [1.29, 1.82) is 0 Å². The summed E-state index contributed by atoms with van der Waals surface area (Å²) in [6.45, 7) is 4.14. The van der Waals surface area contributed by atoms with E-state index in [1.165, 1.54) is 31.3 Å². The van der Waals surface area contributed by atoms with Crippen molar-refractivity contribution in [2.75, 3.05) is 6.26 Å². The largest absolute Gasteiger partial charge is 0.266 e. The fourth-order valence-corrected chi connectivity index (χ4v) is 5.48. The van der Waals surface area contributed by atoms with Crippen LogP contribution in [0.3, 0.4) is 0 Å². The molecule has 0 bridgehead atoms. The Kier molecular flexibility index (Phi) is 2.87. The first kappa shape index (κ1) is 12.7. The van der Waals surface area contributed by atoms with Gasteiger partial charge in [-0.2, -0.15) is 8.42 Å². The molecule has 0 saturated heterocycles. The van der Waals surface area contributed by atoms with Crippen LogP contribution in [0.1, 0.15) is 44.9 Å². The Hall–Kier alpha value is -0.350. The minimum atomic E-state index is -3.35. The van der Waals surface area contributed by atoms with E-state index in [2.05, 4.69) is 6.58 Å². The van der Waals surface area contributed by atoms with Crippen LogP contribution in [0.25, 0.3) is 0 Å². The van der Waals surface area contributed by atoms with Crippen molar-refractivity contribution in [2.45, 2.75) is 51.0 Å². The molecule has 0 aromatic rings. The lowest BCUT2D eigenvalue weighted by Crippen LogP contribution is -2.57. The molecule has 0 aromatic carbocycles. The molecule has 0 aliphatic heterocycles. The van der Waals surface area contributed by atoms with Crippen LogP contribution in [0.4, 0.5) is 0 Å². The van der Waals surface area contributed by atoms with Crippen LogP contribution in [-0.4, -0.2) is 20.8 Å². The zero-order valence-corrected chi connectivity index (χ0v) is 11.8. The molecular formula is C14H22O3S. The van der Waals surface area contributed by atoms with Gasteiger partial charge in [-0.05, 0) is 43.4 Å². The average Bonchev–Trinajstić information content (AvgIpc) is 2.24. The minimum absolute atomic E-state index is 0.143. The quantitative estimate of drug-likeness (QED) is 0.572. The van der Waals surface area contributed by atoms with Gasteiger partial charge in [0.25, 0.3) is 10.1 Å². The summed E-state index contributed by atoms with van der Waals surface area (Å²) in [5, 5.41) is 0. The Balaban J connectivity index is 1.86. The standard InChI is InChI=1S/C14H22O3S/c1-10-9-14-8-4-3-5-11(14)6-7-12(13(10)14)17-18(2,15)16/h11-13H,1,3-9H2,2H3/t11-,12+,13+,14-/m0/s1. The molecule has 0 heterocycles. The molecule has 0 unspecified atom stereocenters. The molecule has 3 saturated carbocycles. The maximum atomic E-state index is 11.4. The SMILES string of the molecule is C=C1C[C@@]23CCCC[C@H]2CC[C@@H](OS(C)(=O)=O)[C@@H]13. The van der Waals surface area contributed by atoms with Gasteiger partial charge in [0.1, 0.15) is 0 Å². The van der Waals surface area contributed by atoms with Gasteiger partial charge in [-0.15, -0.1) is 0 Å². The molecule has 0 aromatic heterocycles. The van der Waals surface area contributed by atoms with E-state index in [0.29, 0.717) is 11.3 Å². The Morgan fingerprint density at radius 2 is 2.06 bits per heavy atom. The van der Waals surface area contributed by atoms with Gasteiger partial charge in [0.2, 0.25) is 0 Å². The summed E-state index contributed by atoms with van der Waals surface area (Å²) in [4.78, 5) is 0. The number of hydrogen-bond donors (Lipinski definition) is 0. The van der Waals surface area contributed by atoms with E-state index in [-0.39, 0.29) is 6.10 Å². The smallest absolute Gasteiger partial charge is 0.264 e. The third-order valence-corrected chi connectivity index (χ3v) is 5.94. The van der Waals surface area contributed by atoms with Crippen molar-refractivity contribution in [2.24, 2.45) is 17.3 Å². The minimum Gasteiger partial charge on any atom is -0.266 e. The van der Waals surface area contributed by atoms with Crippen molar-refractivity contribution in [3.05, 3.63) is 12.2 Å². The van der Waals surface area contributed by atoms with Gasteiger partial charge >= 0.3 is 0 Å². The van der Waals surface area contributed by atoms with Gasteiger partial charge in [-0.3, -0.25) is 4.18 Å². The van der Waals surface area contributed by atoms with Gasteiger partial charge in [0, 0.05) is 5.92 Å². The molecule has 3 aliphatic carbocycles. The zero-order valence-electron chi connectivity index (χ0n) is 11.0. The molecule has 0 amide bonds. The lowest BCUT2D eigenvalue weighted by molar-refractivity contribution is -0.103. The summed E-state index contributed by atoms with van der Waals surface area (Å²) in [7, 11) is -3.35. The Morgan fingerprint density at radius 1 is 1.28 bits per heavy atom. The van der Waals surface area contributed by atoms with Crippen LogP contribution in [0, 0.1) is 17.3 Å². The maximum Gasteiger partial charge on any atom is 0.264 e. The third-order valence-electron chi connectivity index (χ3n) is 5.34. The van der Waals surface area contributed by atoms with Gasteiger partial charge in [-0.1, -0.05) is 25.0 Å². The molecule has 4 heteroatoms. The van der Waals surface area contributed by atoms with Gasteiger partial charge in [-0.25, -0.2) is 0 Å². The van der Waals surface area contributed by atoms with E-state index < -0.39 is 10.1 Å². The second-order valence-electron chi connectivity index (χ2n) is 6.40. The predicted octanol–water partition coefficient (Wildman–Crippen LogP) is 2.88. The van der Waals surface area contributed by atoms with Crippen LogP contribution < -0.4 is 0 Å². The summed E-state index contributed by atoms with van der Waals surface area (Å²) < 4.78 is 28.1. The summed E-state index contributed by atoms with van der Waals surface area (Å²) in [5.74, 6) is 1.08. The maximum absolute atomic E-state index is 11.4. The highest BCUT2D eigenvalue weighted by Gasteiger charge is 2.60. The van der Waals surface area contributed by atoms with Gasteiger partial charge < -0.3 is 0 Å². The fraction of sp³-hybridized carbons (Fsp3) is 0.857. The van der Waals surface area contributed by atoms with E-state index in [0.717, 1.165) is 31.4 Å². The molecule has 0 radical (unpaired) electrons. The average molecular weight is 270 g/mol. The van der Waals surface area contributed by atoms with Crippen LogP contribution in [0.2, 0.25) is 0 Å². The topological polar surface area (TPSA) is 43.4 Å². The molecule has 0 N–H and O–H groups in total. The summed E-state index contributed by atoms with van der Waals surface area (Å²) >= 11 is 0. The van der Waals surface area contributed by atoms with Crippen molar-refractivity contribution in [3.8, 4) is 0 Å². The van der Waals surface area contributed by atoms with E-state index in [9.17, 15) is 8.42 Å². The molecule has 3 fully saturated rings. The van der Waals surface area contributed by atoms with Crippen molar-refractivity contribution in [3.63, 3.8) is 0 Å². The first-order chi connectivity index (χ1) is 8.42. The summed E-state index contributed by atoms with van der Waals surface area (Å²) in [6, 6.07) is 0. The van der Waals surface area contributed by atoms with Crippen LogP contribution in [0.15, 0.2) is 12.2 Å². The second-order valence-corrected chi connectivity index (χ2v) is 8.01. The molecule has 102 valence electrons. The van der Waals surface area contributed by atoms with E-state index >= 15 is 0 Å². The summed E-state index contributed by atoms with van der Waals surface area (Å²) in [5.41, 5.74) is 1.55. The Bertz CT molecular complexity index is 467. The molecular weight excluding hydrogens is 248 g/mol. The highest BCUT2D eigenvalue weighted by molar-refractivity contribution is 7.86. The third kappa shape index (κ3) is 1.85. The van der Waals surface area contributed by atoms with Crippen molar-refractivity contribution < 1.29 is 12.6 Å². The van der Waals surface area contributed by atoms with E-state index in [4.69, 9.17) is 4.18 Å². The molecule has 18 heavy (non-hydrogen) atoms. The molecule has 1 spiro atoms. The van der Waals surface area contributed by atoms with Crippen molar-refractivity contribution in [1.82, 2.24) is 0 Å². The fourth-order valence-electron chi connectivity index (χ4n) is 4.82. The first-order valence-electron chi connectivity index (χ1n) is 6.98. The predicted molar refractivity (Wildman–Crippen MR) is 70.6 cm³/mol. The molecule has 4 atom stereocenters. The monoisotopic (exact) mass is 270 g/mol.